The van der Waals surface area contributed by atoms with Crippen LogP contribution in [0.15, 0.2) is 67.0 Å². The molecule has 0 saturated carbocycles. The quantitative estimate of drug-likeness (QED) is 0.742. The number of aromatic nitrogens is 2. The van der Waals surface area contributed by atoms with Crippen LogP contribution in [0, 0.1) is 0 Å². The Hall–Kier alpha value is -3.08. The lowest BCUT2D eigenvalue weighted by Crippen LogP contribution is -2.34. The zero-order valence-electron chi connectivity index (χ0n) is 15.2. The molecular weight excluding hydrogens is 326 g/mol. The maximum atomic E-state index is 12.9. The number of nitrogens with zero attached hydrogens (tertiary/aromatic N) is 2. The first-order chi connectivity index (χ1) is 12.6. The van der Waals surface area contributed by atoms with Crippen LogP contribution in [0.5, 0.6) is 5.75 Å². The number of aryl methyl sites for hydroxylation is 1. The second kappa shape index (κ2) is 7.87. The molecule has 3 rings (SSSR count). The second-order valence-corrected chi connectivity index (χ2v) is 6.24. The van der Waals surface area contributed by atoms with Gasteiger partial charge in [-0.1, -0.05) is 42.5 Å². The van der Waals surface area contributed by atoms with E-state index in [1.165, 1.54) is 0 Å². The van der Waals surface area contributed by atoms with Crippen LogP contribution in [0.1, 0.15) is 35.8 Å². The summed E-state index contributed by atoms with van der Waals surface area (Å²) in [4.78, 5) is 17.3. The SMILES string of the molecule is COc1ccc([C@H](NC(=O)[C@@H](C)c2ccccc2)c2nccn2C)cc1. The summed E-state index contributed by atoms with van der Waals surface area (Å²) in [6.45, 7) is 1.91. The van der Waals surface area contributed by atoms with Crippen molar-refractivity contribution >= 4 is 5.91 Å². The van der Waals surface area contributed by atoms with Crippen LogP contribution in [0.25, 0.3) is 0 Å². The van der Waals surface area contributed by atoms with Crippen LogP contribution < -0.4 is 10.1 Å². The van der Waals surface area contributed by atoms with E-state index in [0.717, 1.165) is 22.7 Å². The van der Waals surface area contributed by atoms with Gasteiger partial charge < -0.3 is 14.6 Å². The number of rotatable bonds is 6. The molecule has 134 valence electrons. The van der Waals surface area contributed by atoms with Crippen molar-refractivity contribution in [2.75, 3.05) is 7.11 Å². The fourth-order valence-electron chi connectivity index (χ4n) is 2.91. The molecule has 0 bridgehead atoms. The van der Waals surface area contributed by atoms with Gasteiger partial charge in [-0.05, 0) is 30.2 Å². The summed E-state index contributed by atoms with van der Waals surface area (Å²) < 4.78 is 7.15. The van der Waals surface area contributed by atoms with Crippen molar-refractivity contribution in [3.8, 4) is 5.75 Å². The summed E-state index contributed by atoms with van der Waals surface area (Å²) in [7, 11) is 3.56. The molecule has 0 radical (unpaired) electrons. The summed E-state index contributed by atoms with van der Waals surface area (Å²) in [6, 6.07) is 17.1. The number of carbonyl (C=O) groups excluding carboxylic acids is 1. The lowest BCUT2D eigenvalue weighted by molar-refractivity contribution is -0.122. The first kappa shape index (κ1) is 17.7. The zero-order valence-corrected chi connectivity index (χ0v) is 15.2. The van der Waals surface area contributed by atoms with E-state index in [9.17, 15) is 4.79 Å². The summed E-state index contributed by atoms with van der Waals surface area (Å²) in [5.74, 6) is 1.26. The average Bonchev–Trinajstić information content (AvgIpc) is 3.11. The van der Waals surface area contributed by atoms with Crippen LogP contribution in [-0.2, 0) is 11.8 Å². The van der Waals surface area contributed by atoms with Gasteiger partial charge in [0.25, 0.3) is 0 Å². The molecule has 1 amide bonds. The molecule has 0 spiro atoms. The minimum atomic E-state index is -0.334. The second-order valence-electron chi connectivity index (χ2n) is 6.24. The van der Waals surface area contributed by atoms with E-state index in [4.69, 9.17) is 4.74 Å². The Morgan fingerprint density at radius 3 is 2.35 bits per heavy atom. The maximum absolute atomic E-state index is 12.9. The van der Waals surface area contributed by atoms with Crippen molar-refractivity contribution in [1.82, 2.24) is 14.9 Å². The molecular formula is C21H23N3O2. The number of carbonyl (C=O) groups is 1. The molecule has 5 heteroatoms. The van der Waals surface area contributed by atoms with Gasteiger partial charge in [-0.2, -0.15) is 0 Å². The van der Waals surface area contributed by atoms with Crippen LogP contribution in [0.4, 0.5) is 0 Å². The van der Waals surface area contributed by atoms with Gasteiger partial charge in [0.1, 0.15) is 17.6 Å². The largest absolute Gasteiger partial charge is 0.497 e. The highest BCUT2D eigenvalue weighted by Crippen LogP contribution is 2.24. The van der Waals surface area contributed by atoms with E-state index in [-0.39, 0.29) is 17.9 Å². The highest BCUT2D eigenvalue weighted by atomic mass is 16.5. The molecule has 26 heavy (non-hydrogen) atoms. The van der Waals surface area contributed by atoms with Gasteiger partial charge in [0.15, 0.2) is 0 Å². The van der Waals surface area contributed by atoms with Gasteiger partial charge >= 0.3 is 0 Å². The van der Waals surface area contributed by atoms with Crippen molar-refractivity contribution in [2.45, 2.75) is 18.9 Å². The fraction of sp³-hybridized carbons (Fsp3) is 0.238. The number of methoxy groups -OCH3 is 1. The van der Waals surface area contributed by atoms with Crippen LogP contribution in [0.2, 0.25) is 0 Å². The Kier molecular flexibility index (Phi) is 5.37. The predicted molar refractivity (Wildman–Crippen MR) is 101 cm³/mol. The van der Waals surface area contributed by atoms with Gasteiger partial charge in [0.05, 0.1) is 13.0 Å². The summed E-state index contributed by atoms with van der Waals surface area (Å²) >= 11 is 0. The fourth-order valence-corrected chi connectivity index (χ4v) is 2.91. The van der Waals surface area contributed by atoms with Gasteiger partial charge in [-0.15, -0.1) is 0 Å². The number of imidazole rings is 1. The van der Waals surface area contributed by atoms with Crippen molar-refractivity contribution in [1.29, 1.82) is 0 Å². The van der Waals surface area contributed by atoms with E-state index in [2.05, 4.69) is 10.3 Å². The minimum absolute atomic E-state index is 0.0416. The lowest BCUT2D eigenvalue weighted by Gasteiger charge is -2.22. The number of benzene rings is 2. The Morgan fingerprint density at radius 2 is 1.77 bits per heavy atom. The number of hydrogen-bond acceptors (Lipinski definition) is 3. The Bertz CT molecular complexity index is 856. The lowest BCUT2D eigenvalue weighted by atomic mass is 9.99. The molecule has 1 aromatic heterocycles. The molecule has 0 aliphatic carbocycles. The molecule has 0 saturated heterocycles. The monoisotopic (exact) mass is 349 g/mol. The highest BCUT2D eigenvalue weighted by molar-refractivity contribution is 5.83. The summed E-state index contributed by atoms with van der Waals surface area (Å²) in [5, 5.41) is 3.15. The summed E-state index contributed by atoms with van der Waals surface area (Å²) in [6.07, 6.45) is 3.61. The standard InChI is InChI=1S/C21H23N3O2/c1-15(16-7-5-4-6-8-16)21(25)23-19(20-22-13-14-24(20)2)17-9-11-18(26-3)12-10-17/h4-15,19H,1-3H3,(H,23,25)/t15-,19-/m0/s1. The summed E-state index contributed by atoms with van der Waals surface area (Å²) in [5.41, 5.74) is 1.94. The molecule has 5 nitrogen and oxygen atoms in total. The highest BCUT2D eigenvalue weighted by Gasteiger charge is 2.24. The van der Waals surface area contributed by atoms with Gasteiger partial charge in [0, 0.05) is 19.4 Å². The Labute approximate surface area is 153 Å². The third kappa shape index (κ3) is 3.77. The van der Waals surface area contributed by atoms with Crippen LogP contribution in [0.3, 0.4) is 0 Å². The number of ether oxygens (including phenoxy) is 1. The number of nitrogens with one attached hydrogen (secondary N) is 1. The maximum Gasteiger partial charge on any atom is 0.228 e. The van der Waals surface area contributed by atoms with Crippen LogP contribution >= 0.6 is 0 Å². The Balaban J connectivity index is 1.88. The number of amides is 1. The first-order valence-electron chi connectivity index (χ1n) is 8.56. The van der Waals surface area contributed by atoms with Crippen molar-refractivity contribution < 1.29 is 9.53 Å². The minimum Gasteiger partial charge on any atom is -0.497 e. The van der Waals surface area contributed by atoms with E-state index in [1.54, 1.807) is 13.3 Å². The molecule has 0 fully saturated rings. The van der Waals surface area contributed by atoms with Crippen molar-refractivity contribution in [3.05, 3.63) is 83.9 Å². The van der Waals surface area contributed by atoms with Crippen molar-refractivity contribution in [3.63, 3.8) is 0 Å². The van der Waals surface area contributed by atoms with E-state index < -0.39 is 0 Å². The van der Waals surface area contributed by atoms with E-state index in [0.29, 0.717) is 0 Å². The van der Waals surface area contributed by atoms with Gasteiger partial charge in [-0.3, -0.25) is 4.79 Å². The normalized spacial score (nSPS) is 13.0. The van der Waals surface area contributed by atoms with Gasteiger partial charge in [-0.25, -0.2) is 4.98 Å². The topological polar surface area (TPSA) is 56.1 Å². The molecule has 2 atom stereocenters. The molecule has 1 N–H and O–H groups in total. The molecule has 0 unspecified atom stereocenters. The molecule has 3 aromatic rings. The first-order valence-corrected chi connectivity index (χ1v) is 8.56. The molecule has 0 aliphatic rings. The molecule has 0 aliphatic heterocycles. The van der Waals surface area contributed by atoms with Gasteiger partial charge in [0.2, 0.25) is 5.91 Å². The average molecular weight is 349 g/mol. The Morgan fingerprint density at radius 1 is 1.08 bits per heavy atom. The predicted octanol–water partition coefficient (Wildman–Crippen LogP) is 3.44. The third-order valence-corrected chi connectivity index (χ3v) is 4.55. The molecule has 1 heterocycles. The van der Waals surface area contributed by atoms with Crippen molar-refractivity contribution in [2.24, 2.45) is 7.05 Å². The van der Waals surface area contributed by atoms with E-state index in [1.807, 2.05) is 79.3 Å². The zero-order chi connectivity index (χ0) is 18.5. The van der Waals surface area contributed by atoms with Crippen LogP contribution in [-0.4, -0.2) is 22.6 Å². The third-order valence-electron chi connectivity index (χ3n) is 4.55. The van der Waals surface area contributed by atoms with E-state index >= 15 is 0 Å². The molecule has 2 aromatic carbocycles. The number of hydrogen-bond donors (Lipinski definition) is 1. The smallest absolute Gasteiger partial charge is 0.228 e.